The van der Waals surface area contributed by atoms with Crippen molar-refractivity contribution < 1.29 is 4.79 Å². The van der Waals surface area contributed by atoms with Crippen LogP contribution in [0, 0.1) is 5.41 Å². The molecule has 1 aromatic carbocycles. The van der Waals surface area contributed by atoms with Crippen LogP contribution in [0.2, 0.25) is 0 Å². The fraction of sp³-hybridized carbons (Fsp3) is 0.360. The van der Waals surface area contributed by atoms with Gasteiger partial charge in [0.2, 0.25) is 0 Å². The molecule has 2 aliphatic rings. The Morgan fingerprint density at radius 1 is 1.03 bits per heavy atom. The van der Waals surface area contributed by atoms with Gasteiger partial charge in [0, 0.05) is 63.6 Å². The molecule has 9 heteroatoms. The Morgan fingerprint density at radius 2 is 1.82 bits per heavy atom. The van der Waals surface area contributed by atoms with E-state index in [4.69, 9.17) is 0 Å². The van der Waals surface area contributed by atoms with Gasteiger partial charge in [0.15, 0.2) is 0 Å². The van der Waals surface area contributed by atoms with E-state index in [0.717, 1.165) is 66.1 Å². The van der Waals surface area contributed by atoms with Crippen LogP contribution >= 0.6 is 11.3 Å². The van der Waals surface area contributed by atoms with Gasteiger partial charge >= 0.3 is 4.87 Å². The van der Waals surface area contributed by atoms with Gasteiger partial charge in [0.05, 0.1) is 33.9 Å². The molecule has 6 rings (SSSR count). The molecule has 174 valence electrons. The number of benzene rings is 1. The van der Waals surface area contributed by atoms with E-state index in [2.05, 4.69) is 33.2 Å². The van der Waals surface area contributed by atoms with E-state index in [1.54, 1.807) is 21.6 Å². The number of rotatable bonds is 3. The van der Waals surface area contributed by atoms with E-state index >= 15 is 0 Å². The Morgan fingerprint density at radius 3 is 2.56 bits per heavy atom. The van der Waals surface area contributed by atoms with Crippen LogP contribution in [0.25, 0.3) is 21.3 Å². The molecule has 0 radical (unpaired) electrons. The van der Waals surface area contributed by atoms with Crippen LogP contribution in [0.15, 0.2) is 53.8 Å². The molecule has 2 aliphatic heterocycles. The predicted octanol–water partition coefficient (Wildman–Crippen LogP) is 3.14. The molecule has 0 unspecified atom stereocenters. The van der Waals surface area contributed by atoms with Gasteiger partial charge < -0.3 is 14.4 Å². The molecule has 0 N–H and O–H groups in total. The maximum absolute atomic E-state index is 12.7. The molecular formula is C25H26N6O2S. The summed E-state index contributed by atoms with van der Waals surface area (Å²) in [5.74, 6) is 0.0800. The van der Waals surface area contributed by atoms with E-state index in [1.807, 2.05) is 37.5 Å². The number of likely N-dealkylation sites (tertiary alicyclic amines) is 1. The first-order valence-corrected chi connectivity index (χ1v) is 12.3. The van der Waals surface area contributed by atoms with Gasteiger partial charge in [-0.3, -0.25) is 19.3 Å². The Labute approximate surface area is 201 Å². The monoisotopic (exact) mass is 474 g/mol. The number of carbonyl (C=O) groups is 1. The zero-order valence-corrected chi connectivity index (χ0v) is 20.1. The summed E-state index contributed by atoms with van der Waals surface area (Å²) in [4.78, 5) is 33.6. The maximum atomic E-state index is 12.7. The fourth-order valence-corrected chi connectivity index (χ4v) is 6.15. The summed E-state index contributed by atoms with van der Waals surface area (Å²) in [6.45, 7) is 3.57. The summed E-state index contributed by atoms with van der Waals surface area (Å²) >= 11 is 1.27. The van der Waals surface area contributed by atoms with Gasteiger partial charge in [-0.15, -0.1) is 0 Å². The third-order valence-corrected chi connectivity index (χ3v) is 8.33. The van der Waals surface area contributed by atoms with Crippen LogP contribution in [0.3, 0.4) is 0 Å². The van der Waals surface area contributed by atoms with Crippen molar-refractivity contribution in [1.82, 2.24) is 24.2 Å². The molecule has 8 nitrogen and oxygen atoms in total. The molecule has 2 saturated heterocycles. The molecular weight excluding hydrogens is 448 g/mol. The molecule has 0 bridgehead atoms. The van der Waals surface area contributed by atoms with Gasteiger partial charge in [-0.05, 0) is 36.6 Å². The molecule has 0 atom stereocenters. The first-order valence-electron chi connectivity index (χ1n) is 11.5. The van der Waals surface area contributed by atoms with Crippen molar-refractivity contribution in [2.24, 2.45) is 19.5 Å². The number of aryl methyl sites for hydroxylation is 2. The average Bonchev–Trinajstić information content (AvgIpc) is 3.39. The van der Waals surface area contributed by atoms with E-state index < -0.39 is 0 Å². The molecule has 1 amide bonds. The van der Waals surface area contributed by atoms with Crippen LogP contribution in [0.4, 0.5) is 5.69 Å². The minimum Gasteiger partial charge on any atom is -0.369 e. The van der Waals surface area contributed by atoms with Crippen LogP contribution in [0.1, 0.15) is 23.2 Å². The van der Waals surface area contributed by atoms with Crippen LogP contribution in [-0.2, 0) is 14.1 Å². The van der Waals surface area contributed by atoms with Gasteiger partial charge in [-0.1, -0.05) is 17.4 Å². The third kappa shape index (κ3) is 3.51. The smallest absolute Gasteiger partial charge is 0.307 e. The van der Waals surface area contributed by atoms with E-state index in [9.17, 15) is 9.59 Å². The second-order valence-electron chi connectivity index (χ2n) is 9.59. The highest BCUT2D eigenvalue weighted by atomic mass is 32.1. The fourth-order valence-electron chi connectivity index (χ4n) is 5.23. The number of piperidine rings is 1. The highest BCUT2D eigenvalue weighted by Crippen LogP contribution is 2.43. The van der Waals surface area contributed by atoms with Crippen LogP contribution in [0.5, 0.6) is 0 Å². The average molecular weight is 475 g/mol. The summed E-state index contributed by atoms with van der Waals surface area (Å²) in [7, 11) is 3.64. The number of anilines is 1. The van der Waals surface area contributed by atoms with Gasteiger partial charge in [-0.2, -0.15) is 5.10 Å². The summed E-state index contributed by atoms with van der Waals surface area (Å²) in [6, 6.07) is 8.33. The first-order chi connectivity index (χ1) is 16.4. The molecule has 5 heterocycles. The second-order valence-corrected chi connectivity index (χ2v) is 10.6. The van der Waals surface area contributed by atoms with Gasteiger partial charge in [0.25, 0.3) is 5.91 Å². The highest BCUT2D eigenvalue weighted by molar-refractivity contribution is 7.16. The summed E-state index contributed by atoms with van der Waals surface area (Å²) < 4.78 is 4.35. The molecule has 34 heavy (non-hydrogen) atoms. The van der Waals surface area contributed by atoms with E-state index in [-0.39, 0.29) is 16.2 Å². The standard InChI is InChI=1S/C25H26N6O2S/c1-28-14-19(12-27-28)23(32)30-7-5-25(6-8-30)15-31(16-25)20-9-18(11-26-13-20)17-3-4-21-22(10-17)34-24(33)29(21)2/h3-4,9-14H,5-8,15-16H2,1-2H3. The van der Waals surface area contributed by atoms with Crippen molar-refractivity contribution >= 4 is 33.1 Å². The summed E-state index contributed by atoms with van der Waals surface area (Å²) in [5, 5.41) is 4.12. The number of thiazole rings is 1. The molecule has 1 spiro atoms. The Hall–Kier alpha value is -3.46. The molecule has 3 aromatic heterocycles. The van der Waals surface area contributed by atoms with Crippen LogP contribution < -0.4 is 9.77 Å². The second kappa shape index (κ2) is 7.80. The van der Waals surface area contributed by atoms with Crippen molar-refractivity contribution in [3.63, 3.8) is 0 Å². The topological polar surface area (TPSA) is 76.3 Å². The lowest BCUT2D eigenvalue weighted by atomic mass is 9.71. The largest absolute Gasteiger partial charge is 0.369 e. The number of carbonyl (C=O) groups excluding carboxylic acids is 1. The van der Waals surface area contributed by atoms with Crippen molar-refractivity contribution in [3.8, 4) is 11.1 Å². The number of hydrogen-bond donors (Lipinski definition) is 0. The number of amides is 1. The van der Waals surface area contributed by atoms with Crippen molar-refractivity contribution in [2.75, 3.05) is 31.1 Å². The van der Waals surface area contributed by atoms with Crippen molar-refractivity contribution in [2.45, 2.75) is 12.8 Å². The van der Waals surface area contributed by atoms with Crippen LogP contribution in [-0.4, -0.2) is 56.3 Å². The molecule has 0 aliphatic carbocycles. The van der Waals surface area contributed by atoms with Crippen molar-refractivity contribution in [3.05, 3.63) is 64.3 Å². The number of aromatic nitrogens is 4. The number of pyridine rings is 1. The molecule has 4 aromatic rings. The maximum Gasteiger partial charge on any atom is 0.307 e. The number of hydrogen-bond acceptors (Lipinski definition) is 6. The Kier molecular flexibility index (Phi) is 4.84. The number of fused-ring (bicyclic) bond motifs is 1. The zero-order valence-electron chi connectivity index (χ0n) is 19.3. The van der Waals surface area contributed by atoms with Crippen molar-refractivity contribution in [1.29, 1.82) is 0 Å². The summed E-state index contributed by atoms with van der Waals surface area (Å²) in [5.41, 5.74) is 5.15. The SMILES string of the molecule is Cn1cc(C(=O)N2CCC3(CC2)CN(c2cncc(-c4ccc5c(c4)sc(=O)n5C)c2)C3)cn1. The minimum absolute atomic E-state index is 0.0538. The van der Waals surface area contributed by atoms with Gasteiger partial charge in [-0.25, -0.2) is 0 Å². The molecule has 0 saturated carbocycles. The third-order valence-electron chi connectivity index (χ3n) is 7.33. The molecule has 2 fully saturated rings. The minimum atomic E-state index is 0.0538. The lowest BCUT2D eigenvalue weighted by Crippen LogP contribution is -2.61. The first kappa shape index (κ1) is 21.1. The van der Waals surface area contributed by atoms with E-state index in [0.29, 0.717) is 5.56 Å². The highest BCUT2D eigenvalue weighted by Gasteiger charge is 2.45. The normalized spacial score (nSPS) is 17.4. The van der Waals surface area contributed by atoms with E-state index in [1.165, 1.54) is 11.3 Å². The quantitative estimate of drug-likeness (QED) is 0.456. The zero-order chi connectivity index (χ0) is 23.4. The predicted molar refractivity (Wildman–Crippen MR) is 133 cm³/mol. The lowest BCUT2D eigenvalue weighted by molar-refractivity contribution is 0.0502. The summed E-state index contributed by atoms with van der Waals surface area (Å²) in [6.07, 6.45) is 9.28. The lowest BCUT2D eigenvalue weighted by Gasteiger charge is -2.55. The Balaban J connectivity index is 1.13. The Bertz CT molecular complexity index is 1450. The van der Waals surface area contributed by atoms with Gasteiger partial charge in [0.1, 0.15) is 0 Å². The number of nitrogens with zero attached hydrogens (tertiary/aromatic N) is 6.